The molecule has 0 saturated carbocycles. The zero-order valence-corrected chi connectivity index (χ0v) is 10.2. The van der Waals surface area contributed by atoms with Crippen LogP contribution in [0.25, 0.3) is 0 Å². The largest absolute Gasteiger partial charge is 2.00 e. The fraction of sp³-hybridized carbons (Fsp3) is 0. The average molecular weight is 230 g/mol. The summed E-state index contributed by atoms with van der Waals surface area (Å²) < 4.78 is 8.55. The van der Waals surface area contributed by atoms with Crippen molar-refractivity contribution in [1.82, 2.24) is 0 Å². The molecule has 0 heterocycles. The topological polar surface area (TPSA) is 149 Å². The third-order valence-electron chi connectivity index (χ3n) is 0. The fourth-order valence-electron chi connectivity index (χ4n) is 0. The fourth-order valence-corrected chi connectivity index (χ4v) is 0. The quantitative estimate of drug-likeness (QED) is 0.300. The van der Waals surface area contributed by atoms with E-state index in [1.54, 1.807) is 0 Å². The monoisotopic (exact) mass is 230 g/mol. The minimum atomic E-state index is -5.39. The molecule has 56 valence electrons. The van der Waals surface area contributed by atoms with Crippen LogP contribution in [0.3, 0.4) is 0 Å². The molecule has 0 unspecified atom stereocenters. The third kappa shape index (κ3) is 153. The van der Waals surface area contributed by atoms with Gasteiger partial charge in [-0.2, -0.15) is 7.82 Å². The van der Waals surface area contributed by atoms with Crippen molar-refractivity contribution in [2.75, 3.05) is 0 Å². The Kier molecular flexibility index (Phi) is 68.7. The van der Waals surface area contributed by atoms with Crippen LogP contribution < -0.4 is 19.4 Å². The standard InChI is InChI=1S/2Ca.FH.H3O4P.2H2O/c;;;1-5(2,3)4;;/h;;1H;(H3,1,2,3,4);2*1H2/q2*+2;;;;/p-4. The van der Waals surface area contributed by atoms with E-state index >= 15 is 0 Å². The van der Waals surface area contributed by atoms with Crippen LogP contribution in [0, 0.1) is 0 Å². The Morgan fingerprint density at radius 3 is 0.900 bits per heavy atom. The molecule has 0 rings (SSSR count). The van der Waals surface area contributed by atoms with Gasteiger partial charge in [0.1, 0.15) is 0 Å². The number of rotatable bonds is 0. The van der Waals surface area contributed by atoms with Crippen LogP contribution in [-0.2, 0) is 4.57 Å². The summed E-state index contributed by atoms with van der Waals surface area (Å²) in [7, 11) is -5.39. The Balaban J connectivity index is -0.00000000800. The molecule has 0 aromatic heterocycles. The summed E-state index contributed by atoms with van der Waals surface area (Å²) in [6, 6.07) is 0. The average Bonchev–Trinajstić information content (AvgIpc) is 0.722. The Morgan fingerprint density at radius 2 is 0.900 bits per heavy atom. The molecule has 0 saturated heterocycles. The molecule has 0 radical (unpaired) electrons. The van der Waals surface area contributed by atoms with Crippen molar-refractivity contribution in [3.63, 3.8) is 0 Å². The number of phosphoric acid groups is 1. The molecule has 6 nitrogen and oxygen atoms in total. The van der Waals surface area contributed by atoms with Crippen LogP contribution in [0.15, 0.2) is 0 Å². The molecule has 0 aliphatic rings. The summed E-state index contributed by atoms with van der Waals surface area (Å²) in [6.07, 6.45) is 0. The van der Waals surface area contributed by atoms with Crippen LogP contribution in [-0.4, -0.2) is 86.4 Å². The van der Waals surface area contributed by atoms with Gasteiger partial charge in [0.15, 0.2) is 0 Å². The molecule has 0 bridgehead atoms. The molecule has 0 aromatic rings. The molecular formula is H4Ca2FO6P. The van der Waals surface area contributed by atoms with Crippen molar-refractivity contribution in [3.05, 3.63) is 0 Å². The van der Waals surface area contributed by atoms with E-state index in [4.69, 9.17) is 19.2 Å². The van der Waals surface area contributed by atoms with Gasteiger partial charge in [-0.15, -0.1) is 0 Å². The summed E-state index contributed by atoms with van der Waals surface area (Å²) in [4.78, 5) is 25.6. The smallest absolute Gasteiger partial charge is 1.00 e. The molecule has 0 amide bonds. The second kappa shape index (κ2) is 17.5. The van der Waals surface area contributed by atoms with Gasteiger partial charge in [-0.25, -0.2) is 0 Å². The molecule has 0 fully saturated rings. The van der Waals surface area contributed by atoms with Gasteiger partial charge in [0.25, 0.3) is 0 Å². The van der Waals surface area contributed by atoms with Gasteiger partial charge in [0, 0.05) is 0 Å². The number of hydrogen-bond acceptors (Lipinski definition) is 4. The summed E-state index contributed by atoms with van der Waals surface area (Å²) >= 11 is 0. The molecule has 0 aliphatic heterocycles. The van der Waals surface area contributed by atoms with E-state index in [-0.39, 0.29) is 91.1 Å². The Labute approximate surface area is 116 Å². The van der Waals surface area contributed by atoms with Gasteiger partial charge in [-0.1, -0.05) is 0 Å². The zero-order valence-electron chi connectivity index (χ0n) is 4.87. The minimum absolute atomic E-state index is 0. The number of halogens is 1. The van der Waals surface area contributed by atoms with Crippen molar-refractivity contribution in [1.29, 1.82) is 0 Å². The van der Waals surface area contributed by atoms with Gasteiger partial charge in [-0.05, 0) is 0 Å². The van der Waals surface area contributed by atoms with Gasteiger partial charge in [0.2, 0.25) is 0 Å². The maximum absolute atomic E-state index is 8.55. The SMILES string of the molecule is O.O.O=P([O-])([O-])[O-].[Ca+2].[Ca+2].[F-]. The van der Waals surface area contributed by atoms with E-state index in [1.165, 1.54) is 0 Å². The predicted octanol–water partition coefficient (Wildman–Crippen LogP) is -8.23. The van der Waals surface area contributed by atoms with E-state index in [0.717, 1.165) is 0 Å². The third-order valence-corrected chi connectivity index (χ3v) is 0. The summed E-state index contributed by atoms with van der Waals surface area (Å²) in [5, 5.41) is 0. The molecular weight excluding hydrogens is 226 g/mol. The maximum atomic E-state index is 8.55. The van der Waals surface area contributed by atoms with E-state index in [9.17, 15) is 0 Å². The first-order valence-corrected chi connectivity index (χ1v) is 2.19. The van der Waals surface area contributed by atoms with Gasteiger partial charge in [-0.3, -0.25) is 0 Å². The van der Waals surface area contributed by atoms with Crippen LogP contribution in [0.2, 0.25) is 0 Å². The second-order valence-corrected chi connectivity index (χ2v) is 1.34. The maximum Gasteiger partial charge on any atom is 2.00 e. The first-order chi connectivity index (χ1) is 2.00. The van der Waals surface area contributed by atoms with Crippen LogP contribution in [0.4, 0.5) is 0 Å². The van der Waals surface area contributed by atoms with Crippen molar-refractivity contribution < 1.29 is 34.9 Å². The Morgan fingerprint density at radius 1 is 0.900 bits per heavy atom. The van der Waals surface area contributed by atoms with Crippen LogP contribution in [0.1, 0.15) is 0 Å². The Bertz CT molecular complexity index is 61.9. The summed E-state index contributed by atoms with van der Waals surface area (Å²) in [5.74, 6) is 0. The van der Waals surface area contributed by atoms with E-state index in [0.29, 0.717) is 0 Å². The van der Waals surface area contributed by atoms with Gasteiger partial charge < -0.3 is 34.9 Å². The van der Waals surface area contributed by atoms with E-state index in [1.807, 2.05) is 0 Å². The molecule has 4 N–H and O–H groups in total. The van der Waals surface area contributed by atoms with Crippen LogP contribution >= 0.6 is 7.82 Å². The van der Waals surface area contributed by atoms with Crippen molar-refractivity contribution >= 4 is 83.3 Å². The second-order valence-electron chi connectivity index (χ2n) is 0.447. The first-order valence-electron chi connectivity index (χ1n) is 0.730. The molecule has 10 heavy (non-hydrogen) atoms. The molecule has 10 heteroatoms. The van der Waals surface area contributed by atoms with Gasteiger partial charge >= 0.3 is 75.5 Å². The van der Waals surface area contributed by atoms with Crippen LogP contribution in [0.5, 0.6) is 0 Å². The molecule has 0 aromatic carbocycles. The molecule has 0 spiro atoms. The predicted molar refractivity (Wildman–Crippen MR) is 26.3 cm³/mol. The van der Waals surface area contributed by atoms with Crippen molar-refractivity contribution in [2.45, 2.75) is 0 Å². The van der Waals surface area contributed by atoms with Crippen molar-refractivity contribution in [2.24, 2.45) is 0 Å². The van der Waals surface area contributed by atoms with E-state index < -0.39 is 7.82 Å². The zero-order chi connectivity index (χ0) is 4.50. The normalized spacial score (nSPS) is 5.90. The first kappa shape index (κ1) is 39.2. The summed E-state index contributed by atoms with van der Waals surface area (Å²) in [6.45, 7) is 0. The molecule has 0 aliphatic carbocycles. The Hall–Kier alpha value is 2.48. The van der Waals surface area contributed by atoms with E-state index in [2.05, 4.69) is 0 Å². The minimum Gasteiger partial charge on any atom is -1.00 e. The van der Waals surface area contributed by atoms with Gasteiger partial charge in [0.05, 0.1) is 0 Å². The van der Waals surface area contributed by atoms with Crippen molar-refractivity contribution in [3.8, 4) is 0 Å². The summed E-state index contributed by atoms with van der Waals surface area (Å²) in [5.41, 5.74) is 0. The number of hydrogen-bond donors (Lipinski definition) is 0. The molecule has 0 atom stereocenters.